The van der Waals surface area contributed by atoms with Gasteiger partial charge in [-0.2, -0.15) is 11.8 Å². The lowest BCUT2D eigenvalue weighted by atomic mass is 10.3. The minimum Gasteiger partial charge on any atom is -0.370 e. The molecule has 112 valence electrons. The van der Waals surface area contributed by atoms with Crippen molar-refractivity contribution in [1.82, 2.24) is 9.88 Å². The number of thioether (sulfide) groups is 1. The number of hydrogen-bond acceptors (Lipinski definition) is 4. The summed E-state index contributed by atoms with van der Waals surface area (Å²) in [5.74, 6) is 0. The maximum Gasteiger partial charge on any atom is 0.0400 e. The fourth-order valence-corrected chi connectivity index (χ4v) is 3.00. The first-order chi connectivity index (χ1) is 9.69. The van der Waals surface area contributed by atoms with Crippen LogP contribution in [0.1, 0.15) is 25.5 Å². The minimum atomic E-state index is 0.775. The van der Waals surface area contributed by atoms with E-state index in [-0.39, 0.29) is 0 Å². The zero-order valence-corrected chi connectivity index (χ0v) is 13.8. The van der Waals surface area contributed by atoms with Crippen LogP contribution in [0.25, 0.3) is 0 Å². The summed E-state index contributed by atoms with van der Waals surface area (Å²) in [6, 6.07) is 4.34. The molecule has 4 heteroatoms. The molecule has 1 saturated heterocycles. The molecule has 0 saturated carbocycles. The predicted octanol–water partition coefficient (Wildman–Crippen LogP) is 3.04. The van der Waals surface area contributed by atoms with Crippen LogP contribution in [0.3, 0.4) is 0 Å². The van der Waals surface area contributed by atoms with Crippen molar-refractivity contribution in [3.63, 3.8) is 0 Å². The molecule has 1 fully saturated rings. The van der Waals surface area contributed by atoms with Gasteiger partial charge >= 0.3 is 0 Å². The van der Waals surface area contributed by atoms with Gasteiger partial charge < -0.3 is 9.80 Å². The van der Waals surface area contributed by atoms with Crippen LogP contribution in [0.15, 0.2) is 18.3 Å². The summed E-state index contributed by atoms with van der Waals surface area (Å²) in [7, 11) is 0. The van der Waals surface area contributed by atoms with Crippen LogP contribution in [0.4, 0.5) is 5.69 Å². The van der Waals surface area contributed by atoms with Crippen molar-refractivity contribution >= 4 is 17.4 Å². The highest BCUT2D eigenvalue weighted by Crippen LogP contribution is 2.17. The van der Waals surface area contributed by atoms with Crippen LogP contribution in [0.2, 0.25) is 0 Å². The Hall–Kier alpha value is -0.740. The summed E-state index contributed by atoms with van der Waals surface area (Å²) in [5.41, 5.74) is 2.44. The van der Waals surface area contributed by atoms with Gasteiger partial charge in [-0.05, 0) is 51.2 Å². The number of nitrogens with zero attached hydrogens (tertiary/aromatic N) is 3. The van der Waals surface area contributed by atoms with Crippen LogP contribution in [0, 0.1) is 6.92 Å². The maximum absolute atomic E-state index is 4.29. The molecule has 0 spiro atoms. The van der Waals surface area contributed by atoms with Crippen molar-refractivity contribution in [2.45, 2.75) is 31.9 Å². The smallest absolute Gasteiger partial charge is 0.0400 e. The van der Waals surface area contributed by atoms with E-state index in [4.69, 9.17) is 0 Å². The number of anilines is 1. The topological polar surface area (TPSA) is 19.4 Å². The van der Waals surface area contributed by atoms with E-state index in [0.717, 1.165) is 24.0 Å². The van der Waals surface area contributed by atoms with E-state index in [1.807, 2.05) is 18.0 Å². The first-order valence-electron chi connectivity index (χ1n) is 7.62. The Morgan fingerprint density at radius 2 is 2.15 bits per heavy atom. The second-order valence-corrected chi connectivity index (χ2v) is 6.95. The Kier molecular flexibility index (Phi) is 6.17. The van der Waals surface area contributed by atoms with Crippen molar-refractivity contribution in [2.24, 2.45) is 0 Å². The number of aromatic nitrogens is 1. The number of rotatable bonds is 5. The first kappa shape index (κ1) is 15.6. The molecule has 0 radical (unpaired) electrons. The predicted molar refractivity (Wildman–Crippen MR) is 89.8 cm³/mol. The average molecular weight is 293 g/mol. The van der Waals surface area contributed by atoms with Gasteiger partial charge in [-0.1, -0.05) is 6.92 Å². The Morgan fingerprint density at radius 1 is 1.30 bits per heavy atom. The summed E-state index contributed by atoms with van der Waals surface area (Å²) in [6.45, 7) is 10.4. The third kappa shape index (κ3) is 4.67. The molecule has 0 bridgehead atoms. The van der Waals surface area contributed by atoms with Gasteiger partial charge in [0.1, 0.15) is 0 Å². The van der Waals surface area contributed by atoms with Crippen molar-refractivity contribution in [1.29, 1.82) is 0 Å². The number of hydrogen-bond donors (Lipinski definition) is 0. The summed E-state index contributed by atoms with van der Waals surface area (Å²) in [5, 5.41) is 0.775. The van der Waals surface area contributed by atoms with Gasteiger partial charge in [0.2, 0.25) is 0 Å². The molecule has 1 aromatic heterocycles. The second kappa shape index (κ2) is 7.89. The third-order valence-electron chi connectivity index (χ3n) is 4.09. The Labute approximate surface area is 127 Å². The van der Waals surface area contributed by atoms with Gasteiger partial charge in [-0.3, -0.25) is 4.98 Å². The highest BCUT2D eigenvalue weighted by Gasteiger charge is 2.15. The van der Waals surface area contributed by atoms with Crippen LogP contribution in [0.5, 0.6) is 0 Å². The zero-order chi connectivity index (χ0) is 14.4. The van der Waals surface area contributed by atoms with E-state index in [0.29, 0.717) is 0 Å². The molecule has 20 heavy (non-hydrogen) atoms. The van der Waals surface area contributed by atoms with Gasteiger partial charge in [0.15, 0.2) is 0 Å². The SMILES string of the molecule is CS[C@@H](C)CCN1CCCN(c2ccnc(C)c2)CC1. The van der Waals surface area contributed by atoms with E-state index in [9.17, 15) is 0 Å². The number of pyridine rings is 1. The molecule has 3 nitrogen and oxygen atoms in total. The summed E-state index contributed by atoms with van der Waals surface area (Å²) < 4.78 is 0. The van der Waals surface area contributed by atoms with E-state index in [1.165, 1.54) is 38.2 Å². The summed E-state index contributed by atoms with van der Waals surface area (Å²) in [6.07, 6.45) is 6.69. The Balaban J connectivity index is 1.86. The van der Waals surface area contributed by atoms with Crippen molar-refractivity contribution in [2.75, 3.05) is 43.9 Å². The van der Waals surface area contributed by atoms with Crippen molar-refractivity contribution in [3.8, 4) is 0 Å². The van der Waals surface area contributed by atoms with Gasteiger partial charge in [-0.15, -0.1) is 0 Å². The fourth-order valence-electron chi connectivity index (χ4n) is 2.66. The lowest BCUT2D eigenvalue weighted by Gasteiger charge is -2.24. The lowest BCUT2D eigenvalue weighted by molar-refractivity contribution is 0.290. The van der Waals surface area contributed by atoms with Crippen LogP contribution < -0.4 is 4.90 Å². The van der Waals surface area contributed by atoms with Crippen LogP contribution in [-0.2, 0) is 0 Å². The van der Waals surface area contributed by atoms with Gasteiger partial charge in [0, 0.05) is 42.5 Å². The zero-order valence-electron chi connectivity index (χ0n) is 13.0. The fraction of sp³-hybridized carbons (Fsp3) is 0.688. The Morgan fingerprint density at radius 3 is 2.90 bits per heavy atom. The standard InChI is InChI=1S/C16H27N3S/c1-14-13-16(5-7-17-14)19-9-4-8-18(11-12-19)10-6-15(2)20-3/h5,7,13,15H,4,6,8-12H2,1-3H3/t15-/m0/s1. The van der Waals surface area contributed by atoms with Crippen LogP contribution in [-0.4, -0.2) is 54.1 Å². The minimum absolute atomic E-state index is 0.775. The van der Waals surface area contributed by atoms with Gasteiger partial charge in [-0.25, -0.2) is 0 Å². The number of aryl methyl sites for hydroxylation is 1. The molecule has 1 aliphatic rings. The molecule has 0 amide bonds. The molecule has 0 unspecified atom stereocenters. The molecule has 2 rings (SSSR count). The monoisotopic (exact) mass is 293 g/mol. The summed E-state index contributed by atoms with van der Waals surface area (Å²) in [4.78, 5) is 9.42. The maximum atomic E-state index is 4.29. The van der Waals surface area contributed by atoms with Gasteiger partial charge in [0.25, 0.3) is 0 Å². The largest absolute Gasteiger partial charge is 0.370 e. The normalized spacial score (nSPS) is 18.9. The van der Waals surface area contributed by atoms with Gasteiger partial charge in [0.05, 0.1) is 0 Å². The highest BCUT2D eigenvalue weighted by molar-refractivity contribution is 7.99. The van der Waals surface area contributed by atoms with Crippen molar-refractivity contribution in [3.05, 3.63) is 24.0 Å². The summed E-state index contributed by atoms with van der Waals surface area (Å²) >= 11 is 1.97. The van der Waals surface area contributed by atoms with E-state index in [2.05, 4.69) is 47.0 Å². The third-order valence-corrected chi connectivity index (χ3v) is 5.13. The Bertz CT molecular complexity index is 410. The van der Waals surface area contributed by atoms with E-state index >= 15 is 0 Å². The van der Waals surface area contributed by atoms with E-state index < -0.39 is 0 Å². The molecule has 2 heterocycles. The molecule has 0 aromatic carbocycles. The van der Waals surface area contributed by atoms with E-state index in [1.54, 1.807) is 0 Å². The lowest BCUT2D eigenvalue weighted by Crippen LogP contribution is -2.32. The second-order valence-electron chi connectivity index (χ2n) is 5.67. The van der Waals surface area contributed by atoms with Crippen LogP contribution >= 0.6 is 11.8 Å². The molecule has 0 N–H and O–H groups in total. The molecule has 1 atom stereocenters. The average Bonchev–Trinajstić information content (AvgIpc) is 2.70. The first-order valence-corrected chi connectivity index (χ1v) is 8.90. The molecular weight excluding hydrogens is 266 g/mol. The molecule has 1 aliphatic heterocycles. The quantitative estimate of drug-likeness (QED) is 0.831. The molecular formula is C16H27N3S. The molecule has 0 aliphatic carbocycles. The highest BCUT2D eigenvalue weighted by atomic mass is 32.2. The molecule has 1 aromatic rings. The van der Waals surface area contributed by atoms with Crippen molar-refractivity contribution < 1.29 is 0 Å².